The molecule has 1 rings (SSSR count). The van der Waals surface area contributed by atoms with Gasteiger partial charge in [-0.05, 0) is 46.5 Å². The second-order valence-electron chi connectivity index (χ2n) is 5.26. The van der Waals surface area contributed by atoms with Gasteiger partial charge in [-0.2, -0.15) is 4.31 Å². The molecule has 0 aromatic heterocycles. The second kappa shape index (κ2) is 6.89. The van der Waals surface area contributed by atoms with Gasteiger partial charge in [0.1, 0.15) is 0 Å². The maximum Gasteiger partial charge on any atom is 0.335 e. The summed E-state index contributed by atoms with van der Waals surface area (Å²) in [5, 5.41) is 9.11. The number of carboxylic acid groups (broad SMARTS) is 1. The monoisotopic (exact) mass is 377 g/mol. The summed E-state index contributed by atoms with van der Waals surface area (Å²) >= 11 is 3.26. The van der Waals surface area contributed by atoms with E-state index in [0.29, 0.717) is 23.1 Å². The van der Waals surface area contributed by atoms with Crippen LogP contribution in [0, 0.1) is 12.8 Å². The Kier molecular flexibility index (Phi) is 5.95. The maximum atomic E-state index is 12.7. The molecule has 118 valence electrons. The van der Waals surface area contributed by atoms with Crippen molar-refractivity contribution in [3.63, 3.8) is 0 Å². The molecule has 0 amide bonds. The van der Waals surface area contributed by atoms with Crippen molar-refractivity contribution in [1.29, 1.82) is 0 Å². The van der Waals surface area contributed by atoms with Crippen molar-refractivity contribution < 1.29 is 18.3 Å². The van der Waals surface area contributed by atoms with Crippen LogP contribution >= 0.6 is 15.9 Å². The van der Waals surface area contributed by atoms with Crippen molar-refractivity contribution in [2.45, 2.75) is 32.6 Å². The molecule has 1 N–H and O–H groups in total. The molecule has 1 aromatic carbocycles. The lowest BCUT2D eigenvalue weighted by Crippen LogP contribution is -2.34. The third-order valence-corrected chi connectivity index (χ3v) is 6.29. The van der Waals surface area contributed by atoms with Gasteiger partial charge in [0.2, 0.25) is 10.0 Å². The quantitative estimate of drug-likeness (QED) is 0.826. The molecular formula is C14H20BrNO4S. The van der Waals surface area contributed by atoms with E-state index in [1.807, 2.05) is 13.8 Å². The van der Waals surface area contributed by atoms with Crippen molar-refractivity contribution >= 4 is 31.9 Å². The molecule has 0 radical (unpaired) electrons. The van der Waals surface area contributed by atoms with Crippen molar-refractivity contribution in [1.82, 2.24) is 4.31 Å². The predicted octanol–water partition coefficient (Wildman–Crippen LogP) is 3.12. The van der Waals surface area contributed by atoms with Crippen LogP contribution in [0.25, 0.3) is 0 Å². The number of aryl methyl sites for hydroxylation is 1. The lowest BCUT2D eigenvalue weighted by atomic mass is 10.1. The van der Waals surface area contributed by atoms with Gasteiger partial charge < -0.3 is 5.11 Å². The fourth-order valence-corrected chi connectivity index (χ4v) is 4.61. The van der Waals surface area contributed by atoms with E-state index in [1.165, 1.54) is 16.4 Å². The molecule has 0 aliphatic carbocycles. The first-order valence-electron chi connectivity index (χ1n) is 6.64. The molecule has 7 heteroatoms. The molecule has 0 saturated heterocycles. The van der Waals surface area contributed by atoms with Crippen LogP contribution in [0.2, 0.25) is 0 Å². The largest absolute Gasteiger partial charge is 0.478 e. The average molecular weight is 378 g/mol. The highest BCUT2D eigenvalue weighted by molar-refractivity contribution is 9.10. The van der Waals surface area contributed by atoms with E-state index in [2.05, 4.69) is 15.9 Å². The Morgan fingerprint density at radius 3 is 2.38 bits per heavy atom. The van der Waals surface area contributed by atoms with Crippen molar-refractivity contribution in [3.8, 4) is 0 Å². The predicted molar refractivity (Wildman–Crippen MR) is 85.1 cm³/mol. The molecule has 0 spiro atoms. The van der Waals surface area contributed by atoms with Gasteiger partial charge in [-0.1, -0.05) is 20.8 Å². The zero-order valence-corrected chi connectivity index (χ0v) is 15.0. The first kappa shape index (κ1) is 18.1. The summed E-state index contributed by atoms with van der Waals surface area (Å²) in [7, 11) is -3.73. The molecule has 21 heavy (non-hydrogen) atoms. The number of hydrogen-bond donors (Lipinski definition) is 1. The molecule has 1 aromatic rings. The molecule has 0 fully saturated rings. The average Bonchev–Trinajstić information content (AvgIpc) is 2.37. The number of rotatable bonds is 6. The van der Waals surface area contributed by atoms with Crippen molar-refractivity contribution in [3.05, 3.63) is 27.7 Å². The highest BCUT2D eigenvalue weighted by Gasteiger charge is 2.27. The lowest BCUT2D eigenvalue weighted by molar-refractivity contribution is 0.0696. The first-order valence-corrected chi connectivity index (χ1v) is 8.88. The van der Waals surface area contributed by atoms with Crippen LogP contribution < -0.4 is 0 Å². The van der Waals surface area contributed by atoms with Crippen LogP contribution in [0.3, 0.4) is 0 Å². The fraction of sp³-hybridized carbons (Fsp3) is 0.500. The van der Waals surface area contributed by atoms with E-state index in [-0.39, 0.29) is 16.4 Å². The van der Waals surface area contributed by atoms with Crippen LogP contribution in [0.1, 0.15) is 36.7 Å². The zero-order chi connectivity index (χ0) is 16.4. The summed E-state index contributed by atoms with van der Waals surface area (Å²) in [6, 6.07) is 2.65. The van der Waals surface area contributed by atoms with Gasteiger partial charge in [0.25, 0.3) is 0 Å². The number of nitrogens with zero attached hydrogens (tertiary/aromatic N) is 1. The Hall–Kier alpha value is -0.920. The van der Waals surface area contributed by atoms with Crippen LogP contribution in [-0.2, 0) is 10.0 Å². The Bertz CT molecular complexity index is 641. The fourth-order valence-electron chi connectivity index (χ4n) is 1.99. The van der Waals surface area contributed by atoms with E-state index >= 15 is 0 Å². The van der Waals surface area contributed by atoms with Gasteiger partial charge in [0, 0.05) is 17.6 Å². The maximum absolute atomic E-state index is 12.7. The van der Waals surface area contributed by atoms with Crippen molar-refractivity contribution in [2.75, 3.05) is 13.1 Å². The summed E-state index contributed by atoms with van der Waals surface area (Å²) in [6.07, 6.45) is 0. The number of hydrogen-bond acceptors (Lipinski definition) is 3. The highest BCUT2D eigenvalue weighted by Crippen LogP contribution is 2.30. The molecule has 0 aliphatic rings. The normalized spacial score (nSPS) is 12.1. The van der Waals surface area contributed by atoms with Crippen LogP contribution in [0.4, 0.5) is 0 Å². The number of halogens is 1. The van der Waals surface area contributed by atoms with Gasteiger partial charge in [-0.15, -0.1) is 0 Å². The molecule has 0 aliphatic heterocycles. The van der Waals surface area contributed by atoms with Gasteiger partial charge >= 0.3 is 5.97 Å². The van der Waals surface area contributed by atoms with Crippen LogP contribution in [0.15, 0.2) is 21.5 Å². The third kappa shape index (κ3) is 4.05. The van der Waals surface area contributed by atoms with E-state index in [9.17, 15) is 13.2 Å². The topological polar surface area (TPSA) is 74.7 Å². The standard InChI is InChI=1S/C14H20BrNO4S/c1-5-16(8-9(2)3)21(19,20)12-7-11(14(17)18)6-10(4)13(12)15/h6-7,9H,5,8H2,1-4H3,(H,17,18). The summed E-state index contributed by atoms with van der Waals surface area (Å²) in [4.78, 5) is 11.1. The number of carbonyl (C=O) groups is 1. The molecule has 0 atom stereocenters. The minimum atomic E-state index is -3.73. The zero-order valence-electron chi connectivity index (χ0n) is 12.6. The Morgan fingerprint density at radius 1 is 1.38 bits per heavy atom. The summed E-state index contributed by atoms with van der Waals surface area (Å²) in [5.74, 6) is -0.962. The molecule has 0 bridgehead atoms. The van der Waals surface area contributed by atoms with E-state index < -0.39 is 16.0 Å². The minimum absolute atomic E-state index is 0.00222. The second-order valence-corrected chi connectivity index (χ2v) is 7.96. The molecular weight excluding hydrogens is 358 g/mol. The summed E-state index contributed by atoms with van der Waals surface area (Å²) in [5.41, 5.74) is 0.545. The molecule has 5 nitrogen and oxygen atoms in total. The third-order valence-electron chi connectivity index (χ3n) is 3.01. The van der Waals surface area contributed by atoms with Crippen molar-refractivity contribution in [2.24, 2.45) is 5.92 Å². The Balaban J connectivity index is 3.46. The SMILES string of the molecule is CCN(CC(C)C)S(=O)(=O)c1cc(C(=O)O)cc(C)c1Br. The first-order chi connectivity index (χ1) is 9.61. The number of aromatic carboxylic acids is 1. The molecule has 0 heterocycles. The number of sulfonamides is 1. The highest BCUT2D eigenvalue weighted by atomic mass is 79.9. The van der Waals surface area contributed by atoms with Gasteiger partial charge in [-0.3, -0.25) is 0 Å². The Labute approximate surface area is 134 Å². The summed E-state index contributed by atoms with van der Waals surface area (Å²) < 4.78 is 27.3. The number of benzene rings is 1. The van der Waals surface area contributed by atoms with Gasteiger partial charge in [0.15, 0.2) is 0 Å². The smallest absolute Gasteiger partial charge is 0.335 e. The lowest BCUT2D eigenvalue weighted by Gasteiger charge is -2.23. The molecule has 0 saturated carbocycles. The van der Waals surface area contributed by atoms with E-state index in [4.69, 9.17) is 5.11 Å². The summed E-state index contributed by atoms with van der Waals surface area (Å²) in [6.45, 7) is 8.04. The number of carboxylic acids is 1. The van der Waals surface area contributed by atoms with E-state index in [1.54, 1.807) is 13.8 Å². The molecule has 0 unspecified atom stereocenters. The van der Waals surface area contributed by atoms with E-state index in [0.717, 1.165) is 0 Å². The van der Waals surface area contributed by atoms with Crippen LogP contribution in [0.5, 0.6) is 0 Å². The minimum Gasteiger partial charge on any atom is -0.478 e. The Morgan fingerprint density at radius 2 is 1.95 bits per heavy atom. The van der Waals surface area contributed by atoms with Gasteiger partial charge in [-0.25, -0.2) is 13.2 Å². The van der Waals surface area contributed by atoms with Crippen LogP contribution in [-0.4, -0.2) is 36.9 Å². The van der Waals surface area contributed by atoms with Gasteiger partial charge in [0.05, 0.1) is 10.5 Å².